The standard InChI is InChI=1S/C16H28N/c1-3-5-6-7-8-10-14-17-15-11-9-13-16(17)12-4-2/h9,11,13,15H,3-8,10,12,14H2,1-2H3/q+1. The highest BCUT2D eigenvalue weighted by molar-refractivity contribution is 4.97. The first-order valence-corrected chi connectivity index (χ1v) is 7.35. The van der Waals surface area contributed by atoms with Crippen LogP contribution in [-0.2, 0) is 13.0 Å². The summed E-state index contributed by atoms with van der Waals surface area (Å²) in [4.78, 5) is 0. The van der Waals surface area contributed by atoms with Crippen LogP contribution in [0.15, 0.2) is 24.4 Å². The Kier molecular flexibility index (Phi) is 7.70. The van der Waals surface area contributed by atoms with Gasteiger partial charge in [-0.05, 0) is 12.8 Å². The summed E-state index contributed by atoms with van der Waals surface area (Å²) in [7, 11) is 0. The molecule has 0 bridgehead atoms. The zero-order valence-corrected chi connectivity index (χ0v) is 11.6. The van der Waals surface area contributed by atoms with Gasteiger partial charge in [0, 0.05) is 25.0 Å². The normalized spacial score (nSPS) is 10.7. The fourth-order valence-corrected chi connectivity index (χ4v) is 2.28. The van der Waals surface area contributed by atoms with Gasteiger partial charge in [0.25, 0.3) is 0 Å². The van der Waals surface area contributed by atoms with Crippen molar-refractivity contribution in [3.05, 3.63) is 30.1 Å². The molecule has 1 nitrogen and oxygen atoms in total. The van der Waals surface area contributed by atoms with Gasteiger partial charge in [0.2, 0.25) is 0 Å². The maximum absolute atomic E-state index is 2.43. The van der Waals surface area contributed by atoms with Gasteiger partial charge in [-0.15, -0.1) is 0 Å². The lowest BCUT2D eigenvalue weighted by Crippen LogP contribution is -2.37. The predicted octanol–water partition coefficient (Wildman–Crippen LogP) is 4.29. The SMILES string of the molecule is CCCCCCCC[n+]1ccccc1CCC. The highest BCUT2D eigenvalue weighted by Crippen LogP contribution is 2.05. The quantitative estimate of drug-likeness (QED) is 0.443. The molecule has 0 saturated heterocycles. The molecule has 0 aromatic carbocycles. The molecule has 0 fully saturated rings. The van der Waals surface area contributed by atoms with E-state index in [-0.39, 0.29) is 0 Å². The Labute approximate surface area is 107 Å². The summed E-state index contributed by atoms with van der Waals surface area (Å²) in [5.74, 6) is 0. The maximum atomic E-state index is 2.43. The van der Waals surface area contributed by atoms with Crippen LogP contribution in [0.5, 0.6) is 0 Å². The van der Waals surface area contributed by atoms with E-state index in [1.165, 1.54) is 63.6 Å². The van der Waals surface area contributed by atoms with Crippen LogP contribution in [-0.4, -0.2) is 0 Å². The zero-order valence-electron chi connectivity index (χ0n) is 11.6. The minimum absolute atomic E-state index is 1.20. The van der Waals surface area contributed by atoms with E-state index in [2.05, 4.69) is 42.8 Å². The smallest absolute Gasteiger partial charge is 0.181 e. The number of unbranched alkanes of at least 4 members (excludes halogenated alkanes) is 5. The van der Waals surface area contributed by atoms with Crippen LogP contribution >= 0.6 is 0 Å². The highest BCUT2D eigenvalue weighted by Gasteiger charge is 2.07. The molecule has 0 unspecified atom stereocenters. The van der Waals surface area contributed by atoms with E-state index < -0.39 is 0 Å². The Hall–Kier alpha value is -0.850. The molecular formula is C16H28N+. The monoisotopic (exact) mass is 234 g/mol. The first-order chi connectivity index (χ1) is 8.38. The van der Waals surface area contributed by atoms with Crippen molar-refractivity contribution in [2.24, 2.45) is 0 Å². The third-order valence-corrected chi connectivity index (χ3v) is 3.29. The molecule has 0 atom stereocenters. The van der Waals surface area contributed by atoms with E-state index in [0.29, 0.717) is 0 Å². The second-order valence-electron chi connectivity index (χ2n) is 4.90. The molecular weight excluding hydrogens is 206 g/mol. The predicted molar refractivity (Wildman–Crippen MR) is 74.0 cm³/mol. The lowest BCUT2D eigenvalue weighted by atomic mass is 10.1. The van der Waals surface area contributed by atoms with Crippen LogP contribution in [0.3, 0.4) is 0 Å². The molecule has 0 aliphatic rings. The number of pyridine rings is 1. The average Bonchev–Trinajstić information content (AvgIpc) is 2.36. The lowest BCUT2D eigenvalue weighted by Gasteiger charge is -2.03. The van der Waals surface area contributed by atoms with Gasteiger partial charge in [-0.1, -0.05) is 45.6 Å². The van der Waals surface area contributed by atoms with Gasteiger partial charge >= 0.3 is 0 Å². The van der Waals surface area contributed by atoms with Crippen molar-refractivity contribution in [1.82, 2.24) is 0 Å². The Morgan fingerprint density at radius 3 is 2.41 bits per heavy atom. The van der Waals surface area contributed by atoms with Crippen LogP contribution < -0.4 is 4.57 Å². The third-order valence-electron chi connectivity index (χ3n) is 3.29. The molecule has 0 saturated carbocycles. The van der Waals surface area contributed by atoms with Crippen molar-refractivity contribution in [1.29, 1.82) is 0 Å². The van der Waals surface area contributed by atoms with E-state index in [1.807, 2.05) is 0 Å². The van der Waals surface area contributed by atoms with Crippen molar-refractivity contribution in [2.75, 3.05) is 0 Å². The van der Waals surface area contributed by atoms with Crippen molar-refractivity contribution in [2.45, 2.75) is 71.8 Å². The summed E-state index contributed by atoms with van der Waals surface area (Å²) in [6.07, 6.45) is 13.0. The summed E-state index contributed by atoms with van der Waals surface area (Å²) in [5, 5.41) is 0. The molecule has 96 valence electrons. The maximum Gasteiger partial charge on any atom is 0.181 e. The number of aryl methyl sites for hydroxylation is 2. The Balaban J connectivity index is 2.25. The minimum atomic E-state index is 1.20. The van der Waals surface area contributed by atoms with Crippen LogP contribution in [0.25, 0.3) is 0 Å². The molecule has 1 heteroatoms. The topological polar surface area (TPSA) is 3.88 Å². The second-order valence-corrected chi connectivity index (χ2v) is 4.90. The molecule has 1 aromatic rings. The fourth-order valence-electron chi connectivity index (χ4n) is 2.28. The van der Waals surface area contributed by atoms with Gasteiger partial charge in [0.1, 0.15) is 6.54 Å². The fraction of sp³-hybridized carbons (Fsp3) is 0.688. The average molecular weight is 234 g/mol. The van der Waals surface area contributed by atoms with Gasteiger partial charge in [-0.3, -0.25) is 0 Å². The molecule has 1 rings (SSSR count). The van der Waals surface area contributed by atoms with E-state index in [1.54, 1.807) is 0 Å². The second kappa shape index (κ2) is 9.21. The van der Waals surface area contributed by atoms with Gasteiger partial charge in [0.05, 0.1) is 0 Å². The van der Waals surface area contributed by atoms with Crippen LogP contribution in [0.4, 0.5) is 0 Å². The molecule has 0 aliphatic heterocycles. The number of hydrogen-bond donors (Lipinski definition) is 0. The summed E-state index contributed by atoms with van der Waals surface area (Å²) in [5.41, 5.74) is 1.49. The van der Waals surface area contributed by atoms with Crippen LogP contribution in [0, 0.1) is 0 Å². The van der Waals surface area contributed by atoms with Crippen LogP contribution in [0.1, 0.15) is 64.5 Å². The molecule has 1 heterocycles. The van der Waals surface area contributed by atoms with E-state index in [0.717, 1.165) is 0 Å². The van der Waals surface area contributed by atoms with Crippen LogP contribution in [0.2, 0.25) is 0 Å². The lowest BCUT2D eigenvalue weighted by molar-refractivity contribution is -0.704. The molecule has 0 radical (unpaired) electrons. The van der Waals surface area contributed by atoms with Crippen molar-refractivity contribution < 1.29 is 4.57 Å². The molecule has 1 aromatic heterocycles. The summed E-state index contributed by atoms with van der Waals surface area (Å²) >= 11 is 0. The Morgan fingerprint density at radius 1 is 0.882 bits per heavy atom. The van der Waals surface area contributed by atoms with E-state index >= 15 is 0 Å². The van der Waals surface area contributed by atoms with Gasteiger partial charge in [0.15, 0.2) is 11.9 Å². The first kappa shape index (κ1) is 14.2. The summed E-state index contributed by atoms with van der Waals surface area (Å²) in [6, 6.07) is 6.57. The number of aromatic nitrogens is 1. The number of rotatable bonds is 9. The molecule has 0 amide bonds. The largest absolute Gasteiger partial charge is 0.202 e. The van der Waals surface area contributed by atoms with Crippen molar-refractivity contribution in [3.8, 4) is 0 Å². The Bertz CT molecular complexity index is 293. The Morgan fingerprint density at radius 2 is 1.65 bits per heavy atom. The number of nitrogens with zero attached hydrogens (tertiary/aromatic N) is 1. The van der Waals surface area contributed by atoms with Crippen molar-refractivity contribution >= 4 is 0 Å². The third kappa shape index (κ3) is 5.86. The number of hydrogen-bond acceptors (Lipinski definition) is 0. The van der Waals surface area contributed by atoms with Crippen molar-refractivity contribution in [3.63, 3.8) is 0 Å². The van der Waals surface area contributed by atoms with Gasteiger partial charge in [-0.2, -0.15) is 0 Å². The highest BCUT2D eigenvalue weighted by atomic mass is 14.9. The molecule has 0 spiro atoms. The first-order valence-electron chi connectivity index (χ1n) is 7.35. The minimum Gasteiger partial charge on any atom is -0.202 e. The molecule has 0 N–H and O–H groups in total. The summed E-state index contributed by atoms with van der Waals surface area (Å²) < 4.78 is 2.43. The van der Waals surface area contributed by atoms with Gasteiger partial charge < -0.3 is 0 Å². The van der Waals surface area contributed by atoms with E-state index in [4.69, 9.17) is 0 Å². The molecule has 17 heavy (non-hydrogen) atoms. The van der Waals surface area contributed by atoms with Gasteiger partial charge in [-0.25, -0.2) is 4.57 Å². The molecule has 0 aliphatic carbocycles. The zero-order chi connectivity index (χ0) is 12.3. The summed E-state index contributed by atoms with van der Waals surface area (Å²) in [6.45, 7) is 5.72. The van der Waals surface area contributed by atoms with E-state index in [9.17, 15) is 0 Å².